The second kappa shape index (κ2) is 3.86. The highest BCUT2D eigenvalue weighted by molar-refractivity contribution is 6.30. The Morgan fingerprint density at radius 3 is 2.73 bits per heavy atom. The molecule has 0 spiro atoms. The predicted molar refractivity (Wildman–Crippen MR) is 61.0 cm³/mol. The van der Waals surface area contributed by atoms with Crippen LogP contribution in [0, 0.1) is 0 Å². The molecule has 2 nitrogen and oxygen atoms in total. The minimum atomic E-state index is 0.215. The Kier molecular flexibility index (Phi) is 2.70. The van der Waals surface area contributed by atoms with E-state index in [0.717, 1.165) is 10.6 Å². The molecule has 2 rings (SSSR count). The molecule has 1 saturated heterocycles. The maximum Gasteiger partial charge on any atom is 0.223 e. The van der Waals surface area contributed by atoms with Gasteiger partial charge in [-0.25, -0.2) is 0 Å². The largest absolute Gasteiger partial charge is 0.342 e. The van der Waals surface area contributed by atoms with Gasteiger partial charge in [-0.3, -0.25) is 4.79 Å². The number of benzene rings is 1. The summed E-state index contributed by atoms with van der Waals surface area (Å²) in [7, 11) is 1.86. The van der Waals surface area contributed by atoms with Gasteiger partial charge in [0.15, 0.2) is 0 Å². The van der Waals surface area contributed by atoms with Gasteiger partial charge >= 0.3 is 0 Å². The van der Waals surface area contributed by atoms with E-state index in [1.165, 1.54) is 0 Å². The van der Waals surface area contributed by atoms with Crippen LogP contribution in [0.15, 0.2) is 24.3 Å². The van der Waals surface area contributed by atoms with Crippen molar-refractivity contribution in [1.29, 1.82) is 0 Å². The van der Waals surface area contributed by atoms with Crippen LogP contribution in [0.1, 0.15) is 24.8 Å². The van der Waals surface area contributed by atoms with E-state index in [2.05, 4.69) is 6.92 Å². The van der Waals surface area contributed by atoms with Gasteiger partial charge in [-0.15, -0.1) is 0 Å². The van der Waals surface area contributed by atoms with Crippen molar-refractivity contribution in [2.45, 2.75) is 25.3 Å². The monoisotopic (exact) mass is 223 g/mol. The molecule has 0 bridgehead atoms. The molecule has 3 heteroatoms. The average molecular weight is 224 g/mol. The first-order valence-electron chi connectivity index (χ1n) is 5.10. The van der Waals surface area contributed by atoms with Crippen molar-refractivity contribution in [2.24, 2.45) is 0 Å². The lowest BCUT2D eigenvalue weighted by Crippen LogP contribution is -2.27. The van der Waals surface area contributed by atoms with Gasteiger partial charge in [-0.1, -0.05) is 23.7 Å². The first-order valence-corrected chi connectivity index (χ1v) is 5.48. The van der Waals surface area contributed by atoms with Gasteiger partial charge in [0.1, 0.15) is 0 Å². The van der Waals surface area contributed by atoms with Gasteiger partial charge in [0, 0.05) is 30.5 Å². The van der Waals surface area contributed by atoms with Crippen molar-refractivity contribution < 1.29 is 4.79 Å². The highest BCUT2D eigenvalue weighted by Gasteiger charge is 2.35. The first-order chi connectivity index (χ1) is 7.09. The van der Waals surface area contributed by atoms with E-state index in [-0.39, 0.29) is 17.9 Å². The first kappa shape index (κ1) is 10.5. The van der Waals surface area contributed by atoms with E-state index in [9.17, 15) is 4.79 Å². The predicted octanol–water partition coefficient (Wildman–Crippen LogP) is 2.67. The van der Waals surface area contributed by atoms with Crippen LogP contribution in [0.2, 0.25) is 5.02 Å². The molecule has 1 aromatic rings. The molecular weight excluding hydrogens is 210 g/mol. The topological polar surface area (TPSA) is 20.3 Å². The van der Waals surface area contributed by atoms with E-state index in [0.29, 0.717) is 6.42 Å². The second-order valence-corrected chi connectivity index (χ2v) is 4.55. The average Bonchev–Trinajstić information content (AvgIpc) is 2.46. The van der Waals surface area contributed by atoms with Gasteiger partial charge in [-0.05, 0) is 24.6 Å². The molecule has 15 heavy (non-hydrogen) atoms. The normalized spacial score (nSPS) is 26.1. The molecule has 80 valence electrons. The number of hydrogen-bond acceptors (Lipinski definition) is 1. The van der Waals surface area contributed by atoms with Crippen LogP contribution in [0.5, 0.6) is 0 Å². The number of carbonyl (C=O) groups is 1. The van der Waals surface area contributed by atoms with Gasteiger partial charge in [0.2, 0.25) is 5.91 Å². The van der Waals surface area contributed by atoms with Crippen molar-refractivity contribution in [2.75, 3.05) is 7.05 Å². The van der Waals surface area contributed by atoms with E-state index in [4.69, 9.17) is 11.6 Å². The molecule has 0 saturated carbocycles. The number of hydrogen-bond donors (Lipinski definition) is 0. The Hall–Kier alpha value is -1.02. The number of likely N-dealkylation sites (tertiary alicyclic amines) is 1. The number of carbonyl (C=O) groups excluding carboxylic acids is 1. The van der Waals surface area contributed by atoms with Crippen LogP contribution in [0.3, 0.4) is 0 Å². The van der Waals surface area contributed by atoms with Crippen LogP contribution >= 0.6 is 11.6 Å². The molecule has 1 aromatic carbocycles. The Labute approximate surface area is 94.8 Å². The van der Waals surface area contributed by atoms with Crippen molar-refractivity contribution in [3.05, 3.63) is 34.9 Å². The maximum atomic E-state index is 11.5. The SMILES string of the molecule is C[C@H]1[C@@H](c2cccc(Cl)c2)CC(=O)N1C. The van der Waals surface area contributed by atoms with Crippen molar-refractivity contribution >= 4 is 17.5 Å². The molecule has 1 aliphatic heterocycles. The van der Waals surface area contributed by atoms with Crippen LogP contribution in [0.25, 0.3) is 0 Å². The summed E-state index contributed by atoms with van der Waals surface area (Å²) in [4.78, 5) is 13.4. The Balaban J connectivity index is 2.29. The van der Waals surface area contributed by atoms with Gasteiger partial charge in [0.05, 0.1) is 0 Å². The van der Waals surface area contributed by atoms with E-state index < -0.39 is 0 Å². The summed E-state index contributed by atoms with van der Waals surface area (Å²) >= 11 is 5.95. The van der Waals surface area contributed by atoms with Crippen LogP contribution in [0.4, 0.5) is 0 Å². The minimum absolute atomic E-state index is 0.215. The van der Waals surface area contributed by atoms with Gasteiger partial charge in [0.25, 0.3) is 0 Å². The molecule has 0 aliphatic carbocycles. The Morgan fingerprint density at radius 2 is 2.20 bits per heavy atom. The highest BCUT2D eigenvalue weighted by atomic mass is 35.5. The zero-order valence-corrected chi connectivity index (χ0v) is 9.66. The summed E-state index contributed by atoms with van der Waals surface area (Å²) in [6.07, 6.45) is 0.595. The Bertz CT molecular complexity index is 391. The van der Waals surface area contributed by atoms with Gasteiger partial charge in [-0.2, -0.15) is 0 Å². The number of amides is 1. The fourth-order valence-electron chi connectivity index (χ4n) is 2.13. The quantitative estimate of drug-likeness (QED) is 0.717. The third kappa shape index (κ3) is 1.86. The van der Waals surface area contributed by atoms with E-state index in [1.807, 2.05) is 36.2 Å². The number of halogens is 1. The van der Waals surface area contributed by atoms with E-state index >= 15 is 0 Å². The number of likely N-dealkylation sites (N-methyl/N-ethyl adjacent to an activating group) is 1. The summed E-state index contributed by atoms with van der Waals surface area (Å²) in [5.74, 6) is 0.494. The van der Waals surface area contributed by atoms with E-state index in [1.54, 1.807) is 0 Å². The second-order valence-electron chi connectivity index (χ2n) is 4.11. The van der Waals surface area contributed by atoms with Crippen LogP contribution in [-0.2, 0) is 4.79 Å². The molecular formula is C12H14ClNO. The molecule has 1 fully saturated rings. The van der Waals surface area contributed by atoms with Gasteiger partial charge < -0.3 is 4.90 Å². The van der Waals surface area contributed by atoms with Crippen molar-refractivity contribution in [1.82, 2.24) is 4.90 Å². The summed E-state index contributed by atoms with van der Waals surface area (Å²) in [6.45, 7) is 2.08. The summed E-state index contributed by atoms with van der Waals surface area (Å²) in [5, 5.41) is 0.738. The van der Waals surface area contributed by atoms with Crippen LogP contribution < -0.4 is 0 Å². The fourth-order valence-corrected chi connectivity index (χ4v) is 2.33. The lowest BCUT2D eigenvalue weighted by atomic mass is 9.93. The van der Waals surface area contributed by atoms with Crippen molar-refractivity contribution in [3.63, 3.8) is 0 Å². The molecule has 0 aromatic heterocycles. The standard InChI is InChI=1S/C12H14ClNO/c1-8-11(7-12(15)14(8)2)9-4-3-5-10(13)6-9/h3-6,8,11H,7H2,1-2H3/t8-,11-/m0/s1. The lowest BCUT2D eigenvalue weighted by molar-refractivity contribution is -0.127. The molecule has 1 aliphatic rings. The molecule has 0 N–H and O–H groups in total. The molecule has 0 unspecified atom stereocenters. The zero-order valence-electron chi connectivity index (χ0n) is 8.90. The number of nitrogens with zero attached hydrogens (tertiary/aromatic N) is 1. The third-order valence-electron chi connectivity index (χ3n) is 3.26. The summed E-state index contributed by atoms with van der Waals surface area (Å²) in [6, 6.07) is 8.05. The molecule has 1 heterocycles. The minimum Gasteiger partial charge on any atom is -0.342 e. The molecule has 2 atom stereocenters. The zero-order chi connectivity index (χ0) is 11.0. The highest BCUT2D eigenvalue weighted by Crippen LogP contribution is 2.33. The Morgan fingerprint density at radius 1 is 1.47 bits per heavy atom. The van der Waals surface area contributed by atoms with Crippen LogP contribution in [-0.4, -0.2) is 23.9 Å². The molecule has 0 radical (unpaired) electrons. The lowest BCUT2D eigenvalue weighted by Gasteiger charge is -2.20. The number of rotatable bonds is 1. The van der Waals surface area contributed by atoms with Crippen molar-refractivity contribution in [3.8, 4) is 0 Å². The smallest absolute Gasteiger partial charge is 0.223 e. The third-order valence-corrected chi connectivity index (χ3v) is 3.49. The summed E-state index contributed by atoms with van der Waals surface area (Å²) in [5.41, 5.74) is 1.16. The fraction of sp³-hybridized carbons (Fsp3) is 0.417. The molecule has 1 amide bonds. The maximum absolute atomic E-state index is 11.5. The summed E-state index contributed by atoms with van der Waals surface area (Å²) < 4.78 is 0.